The van der Waals surface area contributed by atoms with Crippen LogP contribution < -0.4 is 20.7 Å². The number of carbonyl (C=O) groups is 1. The standard InChI is InChI=1S/C22H25N3O2.C6H9NO/c1-23-14-17-9-7-16(8-10-17)11-12-27-21-13-18(15-25-22(21)24-2)19-5-3-4-6-20(19)26;8-3-6-4-1-7-2-5(4)6/h3-10,13,15,23,26H,11-12,14H2,1-2H3,(H,24,25);3-7H,1-2H2. The fraction of sp³-hybridized carbons (Fsp3) is 0.357. The number of pyridine rings is 1. The Bertz CT molecular complexity index is 1110. The highest BCUT2D eigenvalue weighted by Gasteiger charge is 2.52. The third kappa shape index (κ3) is 6.18. The number of aldehydes is 1. The molecule has 7 heteroatoms. The summed E-state index contributed by atoms with van der Waals surface area (Å²) in [5, 5.41) is 19.5. The smallest absolute Gasteiger partial charge is 0.168 e. The van der Waals surface area contributed by atoms with Crippen LogP contribution in [0.4, 0.5) is 5.82 Å². The fourth-order valence-corrected chi connectivity index (χ4v) is 4.58. The quantitative estimate of drug-likeness (QED) is 0.353. The van der Waals surface area contributed by atoms with Crippen molar-refractivity contribution in [1.29, 1.82) is 0 Å². The highest BCUT2D eigenvalue weighted by Crippen LogP contribution is 2.46. The normalized spacial score (nSPS) is 19.8. The van der Waals surface area contributed by atoms with Crippen molar-refractivity contribution in [3.05, 3.63) is 71.9 Å². The van der Waals surface area contributed by atoms with E-state index in [-0.39, 0.29) is 5.75 Å². The van der Waals surface area contributed by atoms with Gasteiger partial charge in [0.25, 0.3) is 0 Å². The number of benzene rings is 2. The van der Waals surface area contributed by atoms with Crippen LogP contribution in [0.15, 0.2) is 60.8 Å². The average molecular weight is 475 g/mol. The molecule has 4 N–H and O–H groups in total. The molecule has 0 spiro atoms. The average Bonchev–Trinajstić information content (AvgIpc) is 3.34. The number of phenolic OH excluding ortho intramolecular Hbond substituents is 1. The van der Waals surface area contributed by atoms with E-state index in [1.54, 1.807) is 18.3 Å². The van der Waals surface area contributed by atoms with E-state index in [0.29, 0.717) is 35.9 Å². The minimum atomic E-state index is 0.226. The van der Waals surface area contributed by atoms with Crippen molar-refractivity contribution in [1.82, 2.24) is 15.6 Å². The van der Waals surface area contributed by atoms with Crippen molar-refractivity contribution in [2.24, 2.45) is 17.8 Å². The number of aromatic hydroxyl groups is 1. The van der Waals surface area contributed by atoms with Crippen molar-refractivity contribution in [3.63, 3.8) is 0 Å². The van der Waals surface area contributed by atoms with Crippen LogP contribution in [-0.2, 0) is 17.8 Å². The lowest BCUT2D eigenvalue weighted by molar-refractivity contribution is -0.109. The molecule has 7 nitrogen and oxygen atoms in total. The van der Waals surface area contributed by atoms with Crippen LogP contribution in [0.2, 0.25) is 0 Å². The van der Waals surface area contributed by atoms with Gasteiger partial charge in [0.15, 0.2) is 11.6 Å². The van der Waals surface area contributed by atoms with Crippen LogP contribution in [0.1, 0.15) is 11.1 Å². The Morgan fingerprint density at radius 1 is 1.09 bits per heavy atom. The number of para-hydroxylation sites is 1. The Morgan fingerprint density at radius 2 is 1.80 bits per heavy atom. The van der Waals surface area contributed by atoms with Crippen molar-refractivity contribution >= 4 is 12.1 Å². The van der Waals surface area contributed by atoms with Crippen molar-refractivity contribution in [3.8, 4) is 22.6 Å². The number of nitrogens with zero attached hydrogens (tertiary/aromatic N) is 1. The van der Waals surface area contributed by atoms with Crippen LogP contribution >= 0.6 is 0 Å². The number of ether oxygens (including phenoxy) is 1. The van der Waals surface area contributed by atoms with Crippen molar-refractivity contribution in [2.75, 3.05) is 39.1 Å². The molecule has 3 aromatic rings. The Balaban J connectivity index is 0.000000301. The monoisotopic (exact) mass is 474 g/mol. The number of piperidine rings is 1. The van der Waals surface area contributed by atoms with Gasteiger partial charge in [-0.3, -0.25) is 0 Å². The molecule has 0 amide bonds. The summed E-state index contributed by atoms with van der Waals surface area (Å²) >= 11 is 0. The maximum absolute atomic E-state index is 10.2. The Hall–Kier alpha value is -3.42. The van der Waals surface area contributed by atoms with E-state index in [1.165, 1.54) is 11.1 Å². The number of nitrogens with one attached hydrogen (secondary N) is 3. The number of hydrogen-bond acceptors (Lipinski definition) is 7. The van der Waals surface area contributed by atoms with Gasteiger partial charge in [0.05, 0.1) is 6.61 Å². The molecule has 1 aromatic heterocycles. The summed E-state index contributed by atoms with van der Waals surface area (Å²) in [7, 11) is 3.76. The van der Waals surface area contributed by atoms with E-state index in [0.717, 1.165) is 43.5 Å². The first-order chi connectivity index (χ1) is 17.1. The summed E-state index contributed by atoms with van der Waals surface area (Å²) in [5.41, 5.74) is 4.04. The molecule has 2 heterocycles. The van der Waals surface area contributed by atoms with Crippen molar-refractivity contribution < 1.29 is 14.6 Å². The summed E-state index contributed by atoms with van der Waals surface area (Å²) in [6.45, 7) is 3.57. The molecule has 1 saturated carbocycles. The van der Waals surface area contributed by atoms with Gasteiger partial charge in [0.2, 0.25) is 0 Å². The summed E-state index contributed by atoms with van der Waals surface area (Å²) in [4.78, 5) is 14.6. The molecule has 0 radical (unpaired) electrons. The van der Waals surface area contributed by atoms with Crippen LogP contribution in [0.5, 0.6) is 11.5 Å². The first-order valence-electron chi connectivity index (χ1n) is 12.1. The van der Waals surface area contributed by atoms with Crippen LogP contribution in [0.25, 0.3) is 11.1 Å². The molecule has 2 aromatic carbocycles. The molecular formula is C28H34N4O3. The highest BCUT2D eigenvalue weighted by atomic mass is 16.5. The molecule has 1 aliphatic carbocycles. The lowest BCUT2D eigenvalue weighted by Crippen LogP contribution is -2.14. The predicted octanol–water partition coefficient (Wildman–Crippen LogP) is 3.49. The number of phenols is 1. The predicted molar refractivity (Wildman–Crippen MR) is 139 cm³/mol. The molecule has 35 heavy (non-hydrogen) atoms. The number of hydrogen-bond donors (Lipinski definition) is 4. The van der Waals surface area contributed by atoms with Crippen LogP contribution in [0.3, 0.4) is 0 Å². The van der Waals surface area contributed by atoms with E-state index in [4.69, 9.17) is 4.74 Å². The second-order valence-electron chi connectivity index (χ2n) is 8.98. The number of carbonyl (C=O) groups excluding carboxylic acids is 1. The number of rotatable bonds is 9. The van der Waals surface area contributed by atoms with Gasteiger partial charge in [-0.25, -0.2) is 4.98 Å². The van der Waals surface area contributed by atoms with Gasteiger partial charge in [-0.05, 0) is 55.2 Å². The zero-order chi connectivity index (χ0) is 24.6. The van der Waals surface area contributed by atoms with E-state index in [9.17, 15) is 9.90 Å². The van der Waals surface area contributed by atoms with E-state index in [2.05, 4.69) is 45.2 Å². The van der Waals surface area contributed by atoms with Gasteiger partial charge in [-0.15, -0.1) is 0 Å². The SMILES string of the molecule is CNCc1ccc(CCOc2cc(-c3ccccc3O)cnc2NC)cc1.O=CC1C2CNCC12. The molecular weight excluding hydrogens is 440 g/mol. The van der Waals surface area contributed by atoms with Crippen molar-refractivity contribution in [2.45, 2.75) is 13.0 Å². The third-order valence-electron chi connectivity index (χ3n) is 6.67. The van der Waals surface area contributed by atoms with Gasteiger partial charge in [0, 0.05) is 43.3 Å². The summed E-state index contributed by atoms with van der Waals surface area (Å²) in [6.07, 6.45) is 3.65. The van der Waals surface area contributed by atoms with Crippen LogP contribution in [0, 0.1) is 17.8 Å². The van der Waals surface area contributed by atoms with Gasteiger partial charge in [-0.2, -0.15) is 0 Å². The first-order valence-corrected chi connectivity index (χ1v) is 12.1. The Labute approximate surface area is 206 Å². The number of anilines is 1. The molecule has 184 valence electrons. The van der Waals surface area contributed by atoms with Gasteiger partial charge < -0.3 is 30.6 Å². The topological polar surface area (TPSA) is 95.5 Å². The first kappa shape index (κ1) is 24.7. The zero-order valence-corrected chi connectivity index (χ0v) is 20.3. The van der Waals surface area contributed by atoms with Gasteiger partial charge >= 0.3 is 0 Å². The Morgan fingerprint density at radius 3 is 2.43 bits per heavy atom. The summed E-state index contributed by atoms with van der Waals surface area (Å²) in [6, 6.07) is 17.6. The molecule has 2 unspecified atom stereocenters. The minimum absolute atomic E-state index is 0.226. The Kier molecular flexibility index (Phi) is 8.34. The van der Waals surface area contributed by atoms with Gasteiger partial charge in [-0.1, -0.05) is 42.5 Å². The second kappa shape index (κ2) is 11.8. The molecule has 5 rings (SSSR count). The van der Waals surface area contributed by atoms with Gasteiger partial charge in [0.1, 0.15) is 12.0 Å². The second-order valence-corrected chi connectivity index (χ2v) is 8.98. The fourth-order valence-electron chi connectivity index (χ4n) is 4.58. The highest BCUT2D eigenvalue weighted by molar-refractivity contribution is 5.72. The molecule has 1 aliphatic heterocycles. The summed E-state index contributed by atoms with van der Waals surface area (Å²) in [5.74, 6) is 3.43. The van der Waals surface area contributed by atoms with E-state index in [1.807, 2.05) is 32.3 Å². The minimum Gasteiger partial charge on any atom is -0.507 e. The summed E-state index contributed by atoms with van der Waals surface area (Å²) < 4.78 is 5.99. The van der Waals surface area contributed by atoms with E-state index >= 15 is 0 Å². The lowest BCUT2D eigenvalue weighted by Gasteiger charge is -2.13. The zero-order valence-electron chi connectivity index (χ0n) is 20.3. The molecule has 2 aliphatic rings. The molecule has 2 fully saturated rings. The maximum atomic E-state index is 10.2. The molecule has 2 atom stereocenters. The molecule has 0 bridgehead atoms. The third-order valence-corrected chi connectivity index (χ3v) is 6.67. The van der Waals surface area contributed by atoms with E-state index < -0.39 is 0 Å². The number of aromatic nitrogens is 1. The largest absolute Gasteiger partial charge is 0.507 e. The molecule has 1 saturated heterocycles. The maximum Gasteiger partial charge on any atom is 0.168 e. The number of fused-ring (bicyclic) bond motifs is 1. The lowest BCUT2D eigenvalue weighted by atomic mass is 10.1. The van der Waals surface area contributed by atoms with Crippen LogP contribution in [-0.4, -0.2) is 50.2 Å².